The van der Waals surface area contributed by atoms with Gasteiger partial charge in [0.1, 0.15) is 5.82 Å². The van der Waals surface area contributed by atoms with Crippen molar-refractivity contribution in [1.29, 1.82) is 0 Å². The Morgan fingerprint density at radius 1 is 1.54 bits per heavy atom. The first-order valence-corrected chi connectivity index (χ1v) is 3.95. The summed E-state index contributed by atoms with van der Waals surface area (Å²) in [7, 11) is 1.46. The number of hydrogen-bond donors (Lipinski definition) is 2. The third-order valence-electron chi connectivity index (χ3n) is 1.43. The summed E-state index contributed by atoms with van der Waals surface area (Å²) in [5, 5.41) is 4.62. The molecule has 5 heteroatoms. The van der Waals surface area contributed by atoms with Crippen LogP contribution in [0.25, 0.3) is 0 Å². The summed E-state index contributed by atoms with van der Waals surface area (Å²) < 4.78 is 12.8. The minimum Gasteiger partial charge on any atom is -0.341 e. The van der Waals surface area contributed by atoms with Crippen molar-refractivity contribution in [3.63, 3.8) is 0 Å². The second-order valence-corrected chi connectivity index (χ2v) is 2.68. The van der Waals surface area contributed by atoms with Crippen LogP contribution in [0.2, 0.25) is 5.02 Å². The Morgan fingerprint density at radius 2 is 2.23 bits per heavy atom. The molecule has 0 aliphatic heterocycles. The van der Waals surface area contributed by atoms with Crippen molar-refractivity contribution < 1.29 is 9.18 Å². The van der Waals surface area contributed by atoms with E-state index in [1.165, 1.54) is 25.2 Å². The van der Waals surface area contributed by atoms with Gasteiger partial charge in [0.15, 0.2) is 0 Å². The van der Waals surface area contributed by atoms with Crippen LogP contribution in [0.5, 0.6) is 0 Å². The van der Waals surface area contributed by atoms with E-state index in [1.807, 2.05) is 0 Å². The summed E-state index contributed by atoms with van der Waals surface area (Å²) in [6.45, 7) is 0. The van der Waals surface area contributed by atoms with Crippen LogP contribution in [-0.4, -0.2) is 13.1 Å². The van der Waals surface area contributed by atoms with E-state index in [9.17, 15) is 9.18 Å². The molecule has 0 radical (unpaired) electrons. The van der Waals surface area contributed by atoms with Gasteiger partial charge in [-0.1, -0.05) is 17.7 Å². The van der Waals surface area contributed by atoms with Crippen molar-refractivity contribution in [1.82, 2.24) is 5.32 Å². The zero-order valence-electron chi connectivity index (χ0n) is 6.90. The van der Waals surface area contributed by atoms with Crippen molar-refractivity contribution in [2.24, 2.45) is 0 Å². The fourth-order valence-electron chi connectivity index (χ4n) is 0.785. The highest BCUT2D eigenvalue weighted by molar-refractivity contribution is 6.33. The van der Waals surface area contributed by atoms with E-state index in [1.54, 1.807) is 0 Å². The fourth-order valence-corrected chi connectivity index (χ4v) is 0.958. The molecule has 1 rings (SSSR count). The van der Waals surface area contributed by atoms with Crippen LogP contribution in [-0.2, 0) is 0 Å². The predicted molar refractivity (Wildman–Crippen MR) is 49.5 cm³/mol. The molecule has 0 saturated heterocycles. The van der Waals surface area contributed by atoms with E-state index >= 15 is 0 Å². The molecular weight excluding hydrogens is 195 g/mol. The Hall–Kier alpha value is -1.29. The fraction of sp³-hybridized carbons (Fsp3) is 0.125. The second-order valence-electron chi connectivity index (χ2n) is 2.31. The highest BCUT2D eigenvalue weighted by Gasteiger charge is 2.06. The van der Waals surface area contributed by atoms with Crippen molar-refractivity contribution in [3.8, 4) is 0 Å². The SMILES string of the molecule is CNC(=O)Nc1cccc(F)c1Cl. The first kappa shape index (κ1) is 9.80. The van der Waals surface area contributed by atoms with Gasteiger partial charge in [-0.05, 0) is 12.1 Å². The molecule has 0 saturated carbocycles. The number of carbonyl (C=O) groups is 1. The van der Waals surface area contributed by atoms with E-state index < -0.39 is 11.8 Å². The molecule has 1 aromatic rings. The molecule has 0 aromatic heterocycles. The van der Waals surface area contributed by atoms with E-state index in [0.29, 0.717) is 0 Å². The number of urea groups is 1. The van der Waals surface area contributed by atoms with Gasteiger partial charge in [0.25, 0.3) is 0 Å². The molecule has 0 bridgehead atoms. The summed E-state index contributed by atoms with van der Waals surface area (Å²) >= 11 is 5.58. The van der Waals surface area contributed by atoms with E-state index in [2.05, 4.69) is 10.6 Å². The smallest absolute Gasteiger partial charge is 0.319 e. The Morgan fingerprint density at radius 3 is 2.85 bits per heavy atom. The number of nitrogens with one attached hydrogen (secondary N) is 2. The van der Waals surface area contributed by atoms with Crippen molar-refractivity contribution >= 4 is 23.3 Å². The summed E-state index contributed by atoms with van der Waals surface area (Å²) in [5.41, 5.74) is 0.251. The predicted octanol–water partition coefficient (Wildman–Crippen LogP) is 2.23. The second kappa shape index (κ2) is 4.09. The molecule has 0 atom stereocenters. The van der Waals surface area contributed by atoms with Crippen molar-refractivity contribution in [2.75, 3.05) is 12.4 Å². The van der Waals surface area contributed by atoms with Crippen LogP contribution >= 0.6 is 11.6 Å². The number of rotatable bonds is 1. The van der Waals surface area contributed by atoms with Crippen LogP contribution in [0.1, 0.15) is 0 Å². The van der Waals surface area contributed by atoms with Crippen LogP contribution in [0.4, 0.5) is 14.9 Å². The lowest BCUT2D eigenvalue weighted by molar-refractivity contribution is 0.254. The highest BCUT2D eigenvalue weighted by Crippen LogP contribution is 2.23. The van der Waals surface area contributed by atoms with Gasteiger partial charge < -0.3 is 10.6 Å². The quantitative estimate of drug-likeness (QED) is 0.721. The number of hydrogen-bond acceptors (Lipinski definition) is 1. The maximum Gasteiger partial charge on any atom is 0.319 e. The van der Waals surface area contributed by atoms with Gasteiger partial charge in [-0.3, -0.25) is 0 Å². The minimum atomic E-state index is -0.560. The lowest BCUT2D eigenvalue weighted by Crippen LogP contribution is -2.24. The molecule has 0 spiro atoms. The number of benzene rings is 1. The average molecular weight is 203 g/mol. The highest BCUT2D eigenvalue weighted by atomic mass is 35.5. The van der Waals surface area contributed by atoms with E-state index in [0.717, 1.165) is 0 Å². The maximum absolute atomic E-state index is 12.8. The van der Waals surface area contributed by atoms with Gasteiger partial charge >= 0.3 is 6.03 Å². The topological polar surface area (TPSA) is 41.1 Å². The Kier molecular flexibility index (Phi) is 3.08. The summed E-state index contributed by atoms with van der Waals surface area (Å²) in [6.07, 6.45) is 0. The summed E-state index contributed by atoms with van der Waals surface area (Å²) in [6, 6.07) is 3.76. The lowest BCUT2D eigenvalue weighted by Gasteiger charge is -2.06. The molecule has 70 valence electrons. The minimum absolute atomic E-state index is 0.0916. The van der Waals surface area contributed by atoms with Crippen LogP contribution in [0.3, 0.4) is 0 Å². The van der Waals surface area contributed by atoms with Gasteiger partial charge in [0, 0.05) is 7.05 Å². The summed E-state index contributed by atoms with van der Waals surface area (Å²) in [5.74, 6) is -0.560. The van der Waals surface area contributed by atoms with Crippen LogP contribution in [0.15, 0.2) is 18.2 Å². The molecule has 0 unspecified atom stereocenters. The van der Waals surface area contributed by atoms with E-state index in [4.69, 9.17) is 11.6 Å². The van der Waals surface area contributed by atoms with Gasteiger partial charge in [-0.25, -0.2) is 9.18 Å². The molecule has 3 nitrogen and oxygen atoms in total. The number of halogens is 2. The Balaban J connectivity index is 2.89. The number of carbonyl (C=O) groups excluding carboxylic acids is 1. The van der Waals surface area contributed by atoms with Crippen molar-refractivity contribution in [2.45, 2.75) is 0 Å². The number of amides is 2. The third kappa shape index (κ3) is 2.32. The summed E-state index contributed by atoms with van der Waals surface area (Å²) in [4.78, 5) is 10.8. The normalized spacial score (nSPS) is 9.46. The lowest BCUT2D eigenvalue weighted by atomic mass is 10.3. The monoisotopic (exact) mass is 202 g/mol. The van der Waals surface area contributed by atoms with E-state index in [-0.39, 0.29) is 10.7 Å². The molecule has 2 amide bonds. The molecule has 0 aliphatic rings. The average Bonchev–Trinajstić information content (AvgIpc) is 2.13. The molecular formula is C8H8ClFN2O. The molecule has 1 aromatic carbocycles. The molecule has 0 heterocycles. The van der Waals surface area contributed by atoms with Crippen molar-refractivity contribution in [3.05, 3.63) is 29.0 Å². The largest absolute Gasteiger partial charge is 0.341 e. The first-order chi connectivity index (χ1) is 6.15. The molecule has 2 N–H and O–H groups in total. The zero-order valence-corrected chi connectivity index (χ0v) is 7.65. The maximum atomic E-state index is 12.8. The standard InChI is InChI=1S/C8H8ClFN2O/c1-11-8(13)12-6-4-2-3-5(10)7(6)9/h2-4H,1H3,(H2,11,12,13). The van der Waals surface area contributed by atoms with Gasteiger partial charge in [-0.2, -0.15) is 0 Å². The van der Waals surface area contributed by atoms with Gasteiger partial charge in [0.05, 0.1) is 10.7 Å². The third-order valence-corrected chi connectivity index (χ3v) is 1.81. The Labute approximate surface area is 79.9 Å². The molecule has 0 aliphatic carbocycles. The number of anilines is 1. The Bertz CT molecular complexity index is 330. The van der Waals surface area contributed by atoms with Gasteiger partial charge in [0.2, 0.25) is 0 Å². The van der Waals surface area contributed by atoms with Crippen LogP contribution < -0.4 is 10.6 Å². The van der Waals surface area contributed by atoms with Crippen LogP contribution in [0, 0.1) is 5.82 Å². The first-order valence-electron chi connectivity index (χ1n) is 3.58. The zero-order chi connectivity index (χ0) is 9.84. The molecule has 13 heavy (non-hydrogen) atoms. The van der Waals surface area contributed by atoms with Gasteiger partial charge in [-0.15, -0.1) is 0 Å². The molecule has 0 fully saturated rings.